The van der Waals surface area contributed by atoms with Crippen LogP contribution in [0.15, 0.2) is 30.5 Å². The molecule has 0 unspecified atom stereocenters. The highest BCUT2D eigenvalue weighted by molar-refractivity contribution is 6.41. The summed E-state index contributed by atoms with van der Waals surface area (Å²) in [5.74, 6) is 0.298. The second kappa shape index (κ2) is 7.05. The number of pyridine rings is 1. The van der Waals surface area contributed by atoms with Gasteiger partial charge in [0.15, 0.2) is 0 Å². The predicted molar refractivity (Wildman–Crippen MR) is 91.1 cm³/mol. The molecule has 3 rings (SSSR count). The van der Waals surface area contributed by atoms with Crippen LogP contribution in [0.3, 0.4) is 0 Å². The number of aliphatic hydroxyl groups excluding tert-OH is 1. The van der Waals surface area contributed by atoms with Gasteiger partial charge in [-0.3, -0.25) is 0 Å². The topological polar surface area (TPSA) is 65.4 Å². The SMILES string of the molecule is Oc1ccc2c(c1)C[C@@H](NC[C@H](O)c1cnc(Cl)c(Cl)c1)CC2. The number of phenols is 1. The van der Waals surface area contributed by atoms with Crippen LogP contribution in [0.25, 0.3) is 0 Å². The summed E-state index contributed by atoms with van der Waals surface area (Å²) in [5, 5.41) is 23.8. The third-order valence-electron chi connectivity index (χ3n) is 4.22. The van der Waals surface area contributed by atoms with Crippen molar-refractivity contribution < 1.29 is 10.2 Å². The average molecular weight is 353 g/mol. The molecule has 1 aromatic heterocycles. The number of nitrogens with one attached hydrogen (secondary N) is 1. The summed E-state index contributed by atoms with van der Waals surface area (Å²) in [6, 6.07) is 7.44. The second-order valence-corrected chi connectivity index (χ2v) is 6.62. The van der Waals surface area contributed by atoms with Crippen LogP contribution in [0, 0.1) is 0 Å². The van der Waals surface area contributed by atoms with Crippen molar-refractivity contribution in [1.29, 1.82) is 0 Å². The first-order valence-electron chi connectivity index (χ1n) is 7.56. The number of hydrogen-bond donors (Lipinski definition) is 3. The van der Waals surface area contributed by atoms with Gasteiger partial charge >= 0.3 is 0 Å². The molecule has 2 atom stereocenters. The number of halogens is 2. The average Bonchev–Trinajstić information content (AvgIpc) is 2.54. The molecule has 2 aromatic rings. The second-order valence-electron chi connectivity index (χ2n) is 5.86. The minimum atomic E-state index is -0.692. The fraction of sp³-hybridized carbons (Fsp3) is 0.353. The first kappa shape index (κ1) is 16.5. The zero-order valence-electron chi connectivity index (χ0n) is 12.5. The lowest BCUT2D eigenvalue weighted by molar-refractivity contribution is 0.168. The number of benzene rings is 1. The number of aromatic nitrogens is 1. The van der Waals surface area contributed by atoms with E-state index in [1.165, 1.54) is 17.3 Å². The van der Waals surface area contributed by atoms with Gasteiger partial charge in [-0.1, -0.05) is 29.3 Å². The molecule has 0 saturated carbocycles. The molecule has 4 nitrogen and oxygen atoms in total. The van der Waals surface area contributed by atoms with E-state index < -0.39 is 6.10 Å². The highest BCUT2D eigenvalue weighted by atomic mass is 35.5. The van der Waals surface area contributed by atoms with Gasteiger partial charge in [-0.05, 0) is 48.6 Å². The van der Waals surface area contributed by atoms with Crippen molar-refractivity contribution in [3.05, 3.63) is 57.3 Å². The Morgan fingerprint density at radius 2 is 2.09 bits per heavy atom. The molecule has 3 N–H and O–H groups in total. The standard InChI is InChI=1S/C17H18Cl2N2O2/c18-15-7-12(8-21-17(15)19)16(23)9-20-13-3-1-10-2-4-14(22)6-11(10)5-13/h2,4,6-8,13,16,20,22-23H,1,3,5,9H2/t13-,16-/m0/s1. The smallest absolute Gasteiger partial charge is 0.147 e. The van der Waals surface area contributed by atoms with E-state index in [2.05, 4.69) is 10.3 Å². The molecule has 0 radical (unpaired) electrons. The van der Waals surface area contributed by atoms with Crippen LogP contribution < -0.4 is 5.32 Å². The molecule has 0 saturated heterocycles. The molecule has 122 valence electrons. The lowest BCUT2D eigenvalue weighted by Crippen LogP contribution is -2.37. The van der Waals surface area contributed by atoms with Crippen molar-refractivity contribution in [2.75, 3.05) is 6.54 Å². The number of nitrogens with zero attached hydrogens (tertiary/aromatic N) is 1. The van der Waals surface area contributed by atoms with Crippen molar-refractivity contribution in [3.8, 4) is 5.75 Å². The van der Waals surface area contributed by atoms with Crippen LogP contribution in [0.1, 0.15) is 29.2 Å². The Kier molecular flexibility index (Phi) is 5.07. The first-order valence-corrected chi connectivity index (χ1v) is 8.31. The zero-order valence-corrected chi connectivity index (χ0v) is 14.0. The Morgan fingerprint density at radius 1 is 1.26 bits per heavy atom. The highest BCUT2D eigenvalue weighted by Crippen LogP contribution is 2.26. The lowest BCUT2D eigenvalue weighted by atomic mass is 9.88. The summed E-state index contributed by atoms with van der Waals surface area (Å²) < 4.78 is 0. The maximum atomic E-state index is 10.3. The third-order valence-corrected chi connectivity index (χ3v) is 4.91. The Balaban J connectivity index is 1.59. The minimum Gasteiger partial charge on any atom is -0.508 e. The van der Waals surface area contributed by atoms with E-state index in [-0.39, 0.29) is 11.2 Å². The van der Waals surface area contributed by atoms with Gasteiger partial charge < -0.3 is 15.5 Å². The molecule has 0 bridgehead atoms. The number of aryl methyl sites for hydroxylation is 1. The van der Waals surface area contributed by atoms with Crippen LogP contribution >= 0.6 is 23.2 Å². The van der Waals surface area contributed by atoms with Gasteiger partial charge in [0.1, 0.15) is 10.9 Å². The molecule has 1 heterocycles. The van der Waals surface area contributed by atoms with Crippen LogP contribution in [-0.2, 0) is 12.8 Å². The van der Waals surface area contributed by atoms with E-state index in [4.69, 9.17) is 23.2 Å². The summed E-state index contributed by atoms with van der Waals surface area (Å²) in [4.78, 5) is 3.95. The zero-order chi connectivity index (χ0) is 16.4. The number of hydrogen-bond acceptors (Lipinski definition) is 4. The molecule has 0 fully saturated rings. The quantitative estimate of drug-likeness (QED) is 0.738. The van der Waals surface area contributed by atoms with Crippen LogP contribution in [0.4, 0.5) is 0 Å². The Labute approximate surface area is 145 Å². The molecular formula is C17H18Cl2N2O2. The maximum absolute atomic E-state index is 10.3. The molecule has 0 amide bonds. The van der Waals surface area contributed by atoms with Crippen molar-refractivity contribution >= 4 is 23.2 Å². The summed E-state index contributed by atoms with van der Waals surface area (Å²) >= 11 is 11.7. The molecule has 6 heteroatoms. The fourth-order valence-electron chi connectivity index (χ4n) is 2.93. The van der Waals surface area contributed by atoms with Crippen molar-refractivity contribution in [1.82, 2.24) is 10.3 Å². The number of aliphatic hydroxyl groups is 1. The summed E-state index contributed by atoms with van der Waals surface area (Å²) in [5.41, 5.74) is 3.09. The Bertz CT molecular complexity index is 709. The van der Waals surface area contributed by atoms with Crippen molar-refractivity contribution in [3.63, 3.8) is 0 Å². The molecule has 1 aromatic carbocycles. The van der Waals surface area contributed by atoms with Gasteiger partial charge in [0.2, 0.25) is 0 Å². The molecule has 0 aliphatic heterocycles. The molecule has 0 spiro atoms. The van der Waals surface area contributed by atoms with Gasteiger partial charge in [0.25, 0.3) is 0 Å². The third kappa shape index (κ3) is 3.96. The molecular weight excluding hydrogens is 335 g/mol. The first-order chi connectivity index (χ1) is 11.0. The van der Waals surface area contributed by atoms with E-state index in [1.807, 2.05) is 12.1 Å². The van der Waals surface area contributed by atoms with E-state index in [9.17, 15) is 10.2 Å². The van der Waals surface area contributed by atoms with Gasteiger partial charge in [-0.2, -0.15) is 0 Å². The van der Waals surface area contributed by atoms with Crippen LogP contribution in [0.2, 0.25) is 10.2 Å². The fourth-order valence-corrected chi connectivity index (χ4v) is 3.21. The minimum absolute atomic E-state index is 0.235. The number of aromatic hydroxyl groups is 1. The molecule has 1 aliphatic carbocycles. The van der Waals surface area contributed by atoms with Gasteiger partial charge in [-0.15, -0.1) is 0 Å². The number of fused-ring (bicyclic) bond motifs is 1. The van der Waals surface area contributed by atoms with Gasteiger partial charge in [0.05, 0.1) is 11.1 Å². The largest absolute Gasteiger partial charge is 0.508 e. The Morgan fingerprint density at radius 3 is 2.87 bits per heavy atom. The highest BCUT2D eigenvalue weighted by Gasteiger charge is 2.20. The Hall–Kier alpha value is -1.33. The maximum Gasteiger partial charge on any atom is 0.147 e. The normalized spacial score (nSPS) is 18.5. The molecule has 1 aliphatic rings. The predicted octanol–water partition coefficient (Wildman–Crippen LogP) is 3.27. The number of rotatable bonds is 4. The monoisotopic (exact) mass is 352 g/mol. The summed E-state index contributed by atoms with van der Waals surface area (Å²) in [7, 11) is 0. The van der Waals surface area contributed by atoms with Gasteiger partial charge in [-0.25, -0.2) is 4.98 Å². The van der Waals surface area contributed by atoms with E-state index >= 15 is 0 Å². The number of phenolic OH excluding ortho intramolecular Hbond substituents is 1. The van der Waals surface area contributed by atoms with E-state index in [0.717, 1.165) is 19.3 Å². The lowest BCUT2D eigenvalue weighted by Gasteiger charge is -2.26. The molecule has 23 heavy (non-hydrogen) atoms. The van der Waals surface area contributed by atoms with Crippen LogP contribution in [-0.4, -0.2) is 27.8 Å². The van der Waals surface area contributed by atoms with Gasteiger partial charge in [0, 0.05) is 24.3 Å². The van der Waals surface area contributed by atoms with Crippen LogP contribution in [0.5, 0.6) is 5.75 Å². The van der Waals surface area contributed by atoms with Crippen molar-refractivity contribution in [2.24, 2.45) is 0 Å². The van der Waals surface area contributed by atoms with Crippen molar-refractivity contribution in [2.45, 2.75) is 31.4 Å². The van der Waals surface area contributed by atoms with E-state index in [1.54, 1.807) is 12.1 Å². The summed E-state index contributed by atoms with van der Waals surface area (Å²) in [6.45, 7) is 0.415. The van der Waals surface area contributed by atoms with E-state index in [0.29, 0.717) is 22.9 Å². The summed E-state index contributed by atoms with van der Waals surface area (Å²) in [6.07, 6.45) is 3.66.